The van der Waals surface area contributed by atoms with E-state index in [4.69, 9.17) is 5.11 Å². The minimum Gasteiger partial charge on any atom is -0.392 e. The average Bonchev–Trinajstić information content (AvgIpc) is 2.46. The highest BCUT2D eigenvalue weighted by Gasteiger charge is 2.32. The molecule has 0 radical (unpaired) electrons. The van der Waals surface area contributed by atoms with Crippen LogP contribution < -0.4 is 4.72 Å². The smallest absolute Gasteiger partial charge is 0.244 e. The third-order valence-corrected chi connectivity index (χ3v) is 5.96. The van der Waals surface area contributed by atoms with Gasteiger partial charge in [0.25, 0.3) is 0 Å². The van der Waals surface area contributed by atoms with Crippen molar-refractivity contribution in [3.8, 4) is 0 Å². The first-order valence-corrected chi connectivity index (χ1v) is 9.15. The lowest BCUT2D eigenvalue weighted by molar-refractivity contribution is 0.274. The van der Waals surface area contributed by atoms with Crippen molar-refractivity contribution in [2.75, 3.05) is 0 Å². The van der Waals surface area contributed by atoms with E-state index in [1.165, 1.54) is 12.1 Å². The Balaban J connectivity index is 3.35. The molecule has 0 unspecified atom stereocenters. The second-order valence-electron chi connectivity index (χ2n) is 4.98. The molecule has 0 spiro atoms. The van der Waals surface area contributed by atoms with Crippen LogP contribution in [-0.4, -0.2) is 19.1 Å². The first-order valence-electron chi connectivity index (χ1n) is 6.88. The molecule has 21 heavy (non-hydrogen) atoms. The van der Waals surface area contributed by atoms with Crippen LogP contribution >= 0.6 is 15.9 Å². The maximum atomic E-state index is 14.2. The number of aliphatic hydroxyl groups is 1. The summed E-state index contributed by atoms with van der Waals surface area (Å²) in [5.41, 5.74) is -0.646. The normalized spacial score (nSPS) is 12.7. The number of nitrogens with one attached hydrogen (secondary N) is 1. The molecule has 1 aromatic carbocycles. The van der Waals surface area contributed by atoms with E-state index in [-0.39, 0.29) is 5.56 Å². The van der Waals surface area contributed by atoms with Gasteiger partial charge in [0.15, 0.2) is 0 Å². The molecule has 0 amide bonds. The summed E-state index contributed by atoms with van der Waals surface area (Å²) in [7, 11) is -4.01. The standard InChI is InChI=1S/C14H21BrFNO3S/c1-4-14(5-2,6-3)17-21(19,20)12-8-11(15)7-10(9-18)13(12)16/h7-8,17-18H,4-6,9H2,1-3H3. The molecular formula is C14H21BrFNO3S. The maximum Gasteiger partial charge on any atom is 0.244 e. The zero-order valence-corrected chi connectivity index (χ0v) is 14.8. The van der Waals surface area contributed by atoms with E-state index in [9.17, 15) is 12.8 Å². The molecule has 0 saturated heterocycles. The number of halogens is 2. The van der Waals surface area contributed by atoms with Gasteiger partial charge in [0.2, 0.25) is 10.0 Å². The lowest BCUT2D eigenvalue weighted by Gasteiger charge is -2.31. The van der Waals surface area contributed by atoms with Gasteiger partial charge in [-0.15, -0.1) is 0 Å². The summed E-state index contributed by atoms with van der Waals surface area (Å²) in [5.74, 6) is -0.912. The first-order chi connectivity index (χ1) is 9.75. The second kappa shape index (κ2) is 7.17. The molecule has 0 aliphatic carbocycles. The van der Waals surface area contributed by atoms with Crippen LogP contribution in [0, 0.1) is 5.82 Å². The Morgan fingerprint density at radius 3 is 2.19 bits per heavy atom. The number of rotatable bonds is 7. The fraction of sp³-hybridized carbons (Fsp3) is 0.571. The van der Waals surface area contributed by atoms with E-state index >= 15 is 0 Å². The average molecular weight is 382 g/mol. The Morgan fingerprint density at radius 1 is 1.24 bits per heavy atom. The van der Waals surface area contributed by atoms with Gasteiger partial charge in [0.1, 0.15) is 10.7 Å². The third kappa shape index (κ3) is 4.03. The van der Waals surface area contributed by atoms with Crippen molar-refractivity contribution in [3.05, 3.63) is 28.0 Å². The van der Waals surface area contributed by atoms with Crippen LogP contribution in [0.5, 0.6) is 0 Å². The lowest BCUT2D eigenvalue weighted by Crippen LogP contribution is -2.47. The highest BCUT2D eigenvalue weighted by atomic mass is 79.9. The van der Waals surface area contributed by atoms with Gasteiger partial charge < -0.3 is 5.11 Å². The molecule has 0 saturated carbocycles. The van der Waals surface area contributed by atoms with Gasteiger partial charge in [0.05, 0.1) is 6.61 Å². The molecule has 0 fully saturated rings. The maximum absolute atomic E-state index is 14.2. The first kappa shape index (κ1) is 18.5. The van der Waals surface area contributed by atoms with Gasteiger partial charge in [-0.25, -0.2) is 17.5 Å². The monoisotopic (exact) mass is 381 g/mol. The number of sulfonamides is 1. The second-order valence-corrected chi connectivity index (χ2v) is 7.55. The lowest BCUT2D eigenvalue weighted by atomic mass is 9.91. The highest BCUT2D eigenvalue weighted by molar-refractivity contribution is 9.10. The third-order valence-electron chi connectivity index (χ3n) is 3.92. The Bertz CT molecular complexity index is 592. The van der Waals surface area contributed by atoms with Gasteiger partial charge in [-0.1, -0.05) is 36.7 Å². The SMILES string of the molecule is CCC(CC)(CC)NS(=O)(=O)c1cc(Br)cc(CO)c1F. The zero-order valence-electron chi connectivity index (χ0n) is 12.4. The summed E-state index contributed by atoms with van der Waals surface area (Å²) >= 11 is 3.14. The van der Waals surface area contributed by atoms with Crippen molar-refractivity contribution in [1.29, 1.82) is 0 Å². The van der Waals surface area contributed by atoms with Crippen LogP contribution in [0.25, 0.3) is 0 Å². The summed E-state index contributed by atoms with van der Waals surface area (Å²) in [6, 6.07) is 2.57. The molecule has 1 rings (SSSR count). The summed E-state index contributed by atoms with van der Waals surface area (Å²) in [4.78, 5) is -0.444. The van der Waals surface area contributed by atoms with Gasteiger partial charge in [-0.2, -0.15) is 0 Å². The number of aliphatic hydroxyl groups excluding tert-OH is 1. The van der Waals surface area contributed by atoms with E-state index in [2.05, 4.69) is 20.7 Å². The van der Waals surface area contributed by atoms with E-state index in [1.807, 2.05) is 20.8 Å². The van der Waals surface area contributed by atoms with Crippen LogP contribution in [0.3, 0.4) is 0 Å². The van der Waals surface area contributed by atoms with Crippen molar-refractivity contribution in [2.45, 2.75) is 57.1 Å². The van der Waals surface area contributed by atoms with Crippen molar-refractivity contribution in [1.82, 2.24) is 4.72 Å². The Morgan fingerprint density at radius 2 is 1.76 bits per heavy atom. The van der Waals surface area contributed by atoms with Gasteiger partial charge in [-0.05, 0) is 31.4 Å². The highest BCUT2D eigenvalue weighted by Crippen LogP contribution is 2.27. The van der Waals surface area contributed by atoms with Crippen LogP contribution in [0.4, 0.5) is 4.39 Å². The van der Waals surface area contributed by atoms with Gasteiger partial charge >= 0.3 is 0 Å². The van der Waals surface area contributed by atoms with Gasteiger partial charge in [-0.3, -0.25) is 0 Å². The predicted octanol–water partition coefficient (Wildman–Crippen LogP) is 3.33. The fourth-order valence-electron chi connectivity index (χ4n) is 2.24. The number of hydrogen-bond donors (Lipinski definition) is 2. The van der Waals surface area contributed by atoms with Crippen molar-refractivity contribution in [2.24, 2.45) is 0 Å². The minimum atomic E-state index is -4.01. The zero-order chi connectivity index (χ0) is 16.3. The summed E-state index contributed by atoms with van der Waals surface area (Å²) < 4.78 is 42.3. The van der Waals surface area contributed by atoms with E-state index < -0.39 is 32.9 Å². The number of benzene rings is 1. The molecule has 0 aliphatic heterocycles. The van der Waals surface area contributed by atoms with Crippen molar-refractivity contribution in [3.63, 3.8) is 0 Å². The van der Waals surface area contributed by atoms with E-state index in [1.54, 1.807) is 0 Å². The van der Waals surface area contributed by atoms with Crippen LogP contribution in [-0.2, 0) is 16.6 Å². The minimum absolute atomic E-state index is 0.0557. The predicted molar refractivity (Wildman–Crippen MR) is 83.9 cm³/mol. The molecule has 7 heteroatoms. The molecule has 4 nitrogen and oxygen atoms in total. The largest absolute Gasteiger partial charge is 0.392 e. The molecule has 0 atom stereocenters. The van der Waals surface area contributed by atoms with Crippen LogP contribution in [0.1, 0.15) is 45.6 Å². The fourth-order valence-corrected chi connectivity index (χ4v) is 4.65. The molecule has 1 aromatic rings. The number of hydrogen-bond acceptors (Lipinski definition) is 3. The molecule has 0 heterocycles. The molecule has 120 valence electrons. The summed E-state index contributed by atoms with van der Waals surface area (Å²) in [5, 5.41) is 9.13. The molecular weight excluding hydrogens is 361 g/mol. The molecule has 0 bridgehead atoms. The van der Waals surface area contributed by atoms with E-state index in [0.717, 1.165) is 0 Å². The van der Waals surface area contributed by atoms with Crippen molar-refractivity contribution < 1.29 is 17.9 Å². The van der Waals surface area contributed by atoms with Crippen molar-refractivity contribution >= 4 is 26.0 Å². The molecule has 0 aromatic heterocycles. The Kier molecular flexibility index (Phi) is 6.34. The summed E-state index contributed by atoms with van der Waals surface area (Å²) in [6.45, 7) is 5.12. The van der Waals surface area contributed by atoms with E-state index in [0.29, 0.717) is 23.7 Å². The van der Waals surface area contributed by atoms with Gasteiger partial charge in [0, 0.05) is 15.6 Å². The van der Waals surface area contributed by atoms with Crippen LogP contribution in [0.15, 0.2) is 21.5 Å². The Hall–Kier alpha value is -0.500. The molecule has 0 aliphatic rings. The topological polar surface area (TPSA) is 66.4 Å². The summed E-state index contributed by atoms with van der Waals surface area (Å²) in [6.07, 6.45) is 1.84. The Labute approximate surface area is 133 Å². The quantitative estimate of drug-likeness (QED) is 0.760. The molecule has 2 N–H and O–H groups in total. The van der Waals surface area contributed by atoms with Crippen LogP contribution in [0.2, 0.25) is 0 Å².